The smallest absolute Gasteiger partial charge is 0.0900 e. The van der Waals surface area contributed by atoms with Crippen LogP contribution in [0.25, 0.3) is 0 Å². The van der Waals surface area contributed by atoms with Crippen LogP contribution in [0.5, 0.6) is 0 Å². The lowest BCUT2D eigenvalue weighted by atomic mass is 9.80. The summed E-state index contributed by atoms with van der Waals surface area (Å²) in [4.78, 5) is 6.01. The minimum Gasteiger partial charge on any atom is -0.389 e. The molecule has 2 aliphatic rings. The lowest BCUT2D eigenvalue weighted by molar-refractivity contribution is -0.0335. The van der Waals surface area contributed by atoms with Crippen LogP contribution in [0.3, 0.4) is 0 Å². The van der Waals surface area contributed by atoms with Crippen molar-refractivity contribution in [3.63, 3.8) is 0 Å². The van der Waals surface area contributed by atoms with Gasteiger partial charge in [-0.05, 0) is 45.4 Å². The van der Waals surface area contributed by atoms with E-state index < -0.39 is 5.60 Å². The van der Waals surface area contributed by atoms with Gasteiger partial charge >= 0.3 is 0 Å². The van der Waals surface area contributed by atoms with Gasteiger partial charge in [0.25, 0.3) is 0 Å². The fourth-order valence-corrected chi connectivity index (χ4v) is 3.89. The summed E-state index contributed by atoms with van der Waals surface area (Å²) >= 11 is 1.82. The molecule has 0 amide bonds. The molecule has 0 aromatic carbocycles. The van der Waals surface area contributed by atoms with Gasteiger partial charge in [-0.25, -0.2) is 4.98 Å². The molecular weight excluding hydrogens is 232 g/mol. The normalized spacial score (nSPS) is 26.4. The molecule has 0 radical (unpaired) electrons. The molecule has 1 saturated carbocycles. The summed E-state index contributed by atoms with van der Waals surface area (Å²) in [5.74, 6) is 0. The predicted octanol–water partition coefficient (Wildman–Crippen LogP) is 2.33. The molecule has 1 fully saturated rings. The highest BCUT2D eigenvalue weighted by Crippen LogP contribution is 2.36. The van der Waals surface area contributed by atoms with Crippen LogP contribution in [0.1, 0.15) is 53.7 Å². The fourth-order valence-electron chi connectivity index (χ4n) is 2.81. The van der Waals surface area contributed by atoms with Gasteiger partial charge in [0.2, 0.25) is 0 Å². The lowest BCUT2D eigenvalue weighted by Crippen LogP contribution is -2.47. The molecule has 2 N–H and O–H groups in total. The minimum atomic E-state index is -0.419. The second-order valence-electron chi connectivity index (χ2n) is 5.45. The van der Waals surface area contributed by atoms with Crippen molar-refractivity contribution in [1.82, 2.24) is 10.3 Å². The summed E-state index contributed by atoms with van der Waals surface area (Å²) in [6.45, 7) is 2.83. The molecule has 0 saturated heterocycles. The van der Waals surface area contributed by atoms with Crippen molar-refractivity contribution in [3.8, 4) is 0 Å². The molecule has 4 heteroatoms. The van der Waals surface area contributed by atoms with E-state index in [-0.39, 0.29) is 0 Å². The number of hydrogen-bond donors (Lipinski definition) is 2. The number of hydrogen-bond acceptors (Lipinski definition) is 4. The van der Waals surface area contributed by atoms with Gasteiger partial charge in [0.1, 0.15) is 0 Å². The summed E-state index contributed by atoms with van der Waals surface area (Å²) in [5.41, 5.74) is 0.869. The van der Waals surface area contributed by atoms with Crippen LogP contribution in [-0.2, 0) is 6.42 Å². The van der Waals surface area contributed by atoms with Gasteiger partial charge in [-0.3, -0.25) is 0 Å². The zero-order valence-electron chi connectivity index (χ0n) is 10.3. The lowest BCUT2D eigenvalue weighted by Gasteiger charge is -2.38. The highest BCUT2D eigenvalue weighted by atomic mass is 32.1. The quantitative estimate of drug-likeness (QED) is 0.868. The molecule has 1 aromatic rings. The highest BCUT2D eigenvalue weighted by Gasteiger charge is 2.35. The fraction of sp³-hybridized carbons (Fsp3) is 0.769. The Morgan fingerprint density at radius 1 is 1.47 bits per heavy atom. The molecule has 0 aliphatic heterocycles. The van der Waals surface area contributed by atoms with Gasteiger partial charge in [0.15, 0.2) is 0 Å². The minimum absolute atomic E-state index is 0.419. The molecule has 1 heterocycles. The van der Waals surface area contributed by atoms with E-state index in [1.54, 1.807) is 0 Å². The van der Waals surface area contributed by atoms with Crippen LogP contribution in [0.2, 0.25) is 0 Å². The van der Waals surface area contributed by atoms with E-state index in [4.69, 9.17) is 0 Å². The molecule has 0 spiro atoms. The van der Waals surface area contributed by atoms with E-state index in [1.165, 1.54) is 34.8 Å². The van der Waals surface area contributed by atoms with Crippen molar-refractivity contribution in [2.75, 3.05) is 6.54 Å². The maximum absolute atomic E-state index is 10.1. The standard InChI is InChI=1S/C13H20N2OS/c1-9-15-11-5-2-4-10(12(11)17-9)14-8-13(16)6-3-7-13/h10,14,16H,2-8H2,1H3. The topological polar surface area (TPSA) is 45.2 Å². The Morgan fingerprint density at radius 3 is 3.00 bits per heavy atom. The van der Waals surface area contributed by atoms with E-state index in [0.29, 0.717) is 6.04 Å². The largest absolute Gasteiger partial charge is 0.389 e. The van der Waals surface area contributed by atoms with E-state index in [9.17, 15) is 5.11 Å². The van der Waals surface area contributed by atoms with Crippen LogP contribution >= 0.6 is 11.3 Å². The number of fused-ring (bicyclic) bond motifs is 1. The number of aryl methyl sites for hydroxylation is 2. The van der Waals surface area contributed by atoms with Gasteiger partial charge in [-0.15, -0.1) is 11.3 Å². The summed E-state index contributed by atoms with van der Waals surface area (Å²) in [6, 6.07) is 0.426. The summed E-state index contributed by atoms with van der Waals surface area (Å²) in [6.07, 6.45) is 6.62. The number of aliphatic hydroxyl groups is 1. The molecule has 0 bridgehead atoms. The van der Waals surface area contributed by atoms with Crippen molar-refractivity contribution >= 4 is 11.3 Å². The van der Waals surface area contributed by atoms with Gasteiger partial charge in [-0.2, -0.15) is 0 Å². The summed E-state index contributed by atoms with van der Waals surface area (Å²) in [5, 5.41) is 14.8. The Kier molecular flexibility index (Phi) is 2.97. The first kappa shape index (κ1) is 11.6. The highest BCUT2D eigenvalue weighted by molar-refractivity contribution is 7.11. The molecule has 94 valence electrons. The van der Waals surface area contributed by atoms with Crippen LogP contribution in [-0.4, -0.2) is 22.2 Å². The molecule has 2 aliphatic carbocycles. The van der Waals surface area contributed by atoms with Crippen LogP contribution in [0.4, 0.5) is 0 Å². The van der Waals surface area contributed by atoms with Crippen LogP contribution in [0.15, 0.2) is 0 Å². The third-order valence-electron chi connectivity index (χ3n) is 4.02. The molecule has 3 nitrogen and oxygen atoms in total. The summed E-state index contributed by atoms with van der Waals surface area (Å²) < 4.78 is 0. The van der Waals surface area contributed by atoms with E-state index in [1.807, 2.05) is 11.3 Å². The number of thiazole rings is 1. The Hall–Kier alpha value is -0.450. The predicted molar refractivity (Wildman–Crippen MR) is 69.3 cm³/mol. The molecular formula is C13H20N2OS. The Morgan fingerprint density at radius 2 is 2.29 bits per heavy atom. The first-order valence-electron chi connectivity index (χ1n) is 6.58. The van der Waals surface area contributed by atoms with Crippen molar-refractivity contribution in [1.29, 1.82) is 0 Å². The van der Waals surface area contributed by atoms with Crippen molar-refractivity contribution in [2.24, 2.45) is 0 Å². The van der Waals surface area contributed by atoms with E-state index in [2.05, 4.69) is 17.2 Å². The van der Waals surface area contributed by atoms with E-state index >= 15 is 0 Å². The SMILES string of the molecule is Cc1nc2c(s1)C(NCC1(O)CCC1)CCC2. The Bertz CT molecular complexity index is 412. The zero-order valence-corrected chi connectivity index (χ0v) is 11.1. The van der Waals surface area contributed by atoms with E-state index in [0.717, 1.165) is 25.8 Å². The Labute approximate surface area is 106 Å². The van der Waals surface area contributed by atoms with Crippen LogP contribution < -0.4 is 5.32 Å². The van der Waals surface area contributed by atoms with Gasteiger partial charge in [0, 0.05) is 17.5 Å². The van der Waals surface area contributed by atoms with Crippen LogP contribution in [0, 0.1) is 6.92 Å². The second-order valence-corrected chi connectivity index (χ2v) is 6.68. The van der Waals surface area contributed by atoms with Gasteiger partial charge in [0.05, 0.1) is 16.3 Å². The molecule has 1 unspecified atom stereocenters. The first-order chi connectivity index (χ1) is 8.16. The van der Waals surface area contributed by atoms with Crippen molar-refractivity contribution in [3.05, 3.63) is 15.6 Å². The maximum Gasteiger partial charge on any atom is 0.0900 e. The number of rotatable bonds is 3. The number of aromatic nitrogens is 1. The Balaban J connectivity index is 1.68. The van der Waals surface area contributed by atoms with Gasteiger partial charge in [-0.1, -0.05) is 0 Å². The van der Waals surface area contributed by atoms with Crippen molar-refractivity contribution in [2.45, 2.75) is 57.1 Å². The molecule has 1 aromatic heterocycles. The summed E-state index contributed by atoms with van der Waals surface area (Å²) in [7, 11) is 0. The molecule has 1 atom stereocenters. The monoisotopic (exact) mass is 252 g/mol. The van der Waals surface area contributed by atoms with Crippen molar-refractivity contribution < 1.29 is 5.11 Å². The van der Waals surface area contributed by atoms with Gasteiger partial charge < -0.3 is 10.4 Å². The molecule has 3 rings (SSSR count). The first-order valence-corrected chi connectivity index (χ1v) is 7.40. The maximum atomic E-state index is 10.1. The average Bonchev–Trinajstić information content (AvgIpc) is 2.64. The third kappa shape index (κ3) is 2.26. The number of nitrogens with one attached hydrogen (secondary N) is 1. The number of nitrogens with zero attached hydrogens (tertiary/aromatic N) is 1. The second kappa shape index (κ2) is 4.34. The molecule has 17 heavy (non-hydrogen) atoms. The third-order valence-corrected chi connectivity index (χ3v) is 5.15. The average molecular weight is 252 g/mol. The zero-order chi connectivity index (χ0) is 11.9.